The second-order valence-electron chi connectivity index (χ2n) is 4.59. The fraction of sp³-hybridized carbons (Fsp3) is 0.308. The largest absolute Gasteiger partial charge is 0.329 e. The fourth-order valence-corrected chi connectivity index (χ4v) is 2.47. The Bertz CT molecular complexity index is 738. The van der Waals surface area contributed by atoms with Gasteiger partial charge in [0.15, 0.2) is 10.4 Å². The molecule has 0 unspecified atom stereocenters. The summed E-state index contributed by atoms with van der Waals surface area (Å²) in [5.74, 6) is 0. The fourth-order valence-electron chi connectivity index (χ4n) is 2.18. The number of nitrogens with zero attached hydrogens (tertiary/aromatic N) is 4. The van der Waals surface area contributed by atoms with E-state index in [2.05, 4.69) is 21.1 Å². The molecule has 0 bridgehead atoms. The summed E-state index contributed by atoms with van der Waals surface area (Å²) in [5.41, 5.74) is 3.06. The van der Waals surface area contributed by atoms with Crippen LogP contribution >= 0.6 is 12.2 Å². The number of aryl methyl sites for hydroxylation is 3. The summed E-state index contributed by atoms with van der Waals surface area (Å²) in [5, 5.41) is 4.19. The van der Waals surface area contributed by atoms with E-state index in [4.69, 9.17) is 12.2 Å². The molecule has 0 spiro atoms. The smallest absolute Gasteiger partial charge is 0.179 e. The Labute approximate surface area is 115 Å². The average molecular weight is 273 g/mol. The van der Waals surface area contributed by atoms with E-state index in [-0.39, 0.29) is 0 Å². The van der Waals surface area contributed by atoms with Crippen LogP contribution in [0.15, 0.2) is 30.7 Å². The first-order valence-electron chi connectivity index (χ1n) is 6.26. The van der Waals surface area contributed by atoms with Crippen LogP contribution in [0, 0.1) is 11.7 Å². The zero-order valence-corrected chi connectivity index (χ0v) is 11.5. The van der Waals surface area contributed by atoms with Crippen LogP contribution < -0.4 is 0 Å². The maximum absolute atomic E-state index is 5.35. The predicted molar refractivity (Wildman–Crippen MR) is 76.5 cm³/mol. The molecule has 0 aliphatic carbocycles. The second-order valence-corrected chi connectivity index (χ2v) is 4.98. The van der Waals surface area contributed by atoms with Crippen molar-refractivity contribution >= 4 is 23.4 Å². The topological polar surface area (TPSA) is 51.4 Å². The van der Waals surface area contributed by atoms with Crippen LogP contribution in [-0.2, 0) is 13.1 Å². The van der Waals surface area contributed by atoms with Crippen molar-refractivity contribution in [2.45, 2.75) is 26.4 Å². The third kappa shape index (κ3) is 2.44. The third-order valence-electron chi connectivity index (χ3n) is 3.07. The van der Waals surface area contributed by atoms with Gasteiger partial charge in [0.2, 0.25) is 0 Å². The van der Waals surface area contributed by atoms with Crippen LogP contribution in [0.5, 0.6) is 0 Å². The van der Waals surface area contributed by atoms with Crippen molar-refractivity contribution in [3.63, 3.8) is 0 Å². The summed E-state index contributed by atoms with van der Waals surface area (Å²) in [4.78, 5) is 7.66. The molecule has 0 aliphatic rings. The van der Waals surface area contributed by atoms with Crippen molar-refractivity contribution in [3.05, 3.63) is 41.1 Å². The zero-order chi connectivity index (χ0) is 13.2. The molecule has 0 fully saturated rings. The van der Waals surface area contributed by atoms with E-state index in [1.165, 1.54) is 0 Å². The third-order valence-corrected chi connectivity index (χ3v) is 3.40. The van der Waals surface area contributed by atoms with E-state index in [1.807, 2.05) is 34.6 Å². The maximum Gasteiger partial charge on any atom is 0.179 e. The Morgan fingerprint density at radius 3 is 3.05 bits per heavy atom. The first-order valence-corrected chi connectivity index (χ1v) is 6.67. The number of rotatable bonds is 4. The Balaban J connectivity index is 1.80. The minimum Gasteiger partial charge on any atom is -0.329 e. The van der Waals surface area contributed by atoms with Crippen molar-refractivity contribution in [2.24, 2.45) is 0 Å². The quantitative estimate of drug-likeness (QED) is 0.744. The monoisotopic (exact) mass is 273 g/mol. The van der Waals surface area contributed by atoms with Gasteiger partial charge in [-0.2, -0.15) is 5.10 Å². The van der Waals surface area contributed by atoms with Gasteiger partial charge in [-0.3, -0.25) is 4.68 Å². The molecule has 3 aromatic heterocycles. The number of nitrogens with one attached hydrogen (secondary N) is 1. The van der Waals surface area contributed by atoms with Gasteiger partial charge in [-0.05, 0) is 43.3 Å². The van der Waals surface area contributed by atoms with E-state index in [0.29, 0.717) is 0 Å². The van der Waals surface area contributed by atoms with Crippen LogP contribution in [-0.4, -0.2) is 24.3 Å². The van der Waals surface area contributed by atoms with Gasteiger partial charge < -0.3 is 9.55 Å². The van der Waals surface area contributed by atoms with Crippen LogP contribution in [0.3, 0.4) is 0 Å². The number of aromatic amines is 1. The molecule has 0 amide bonds. The van der Waals surface area contributed by atoms with Crippen LogP contribution in [0.25, 0.3) is 11.2 Å². The summed E-state index contributed by atoms with van der Waals surface area (Å²) >= 11 is 5.35. The maximum atomic E-state index is 5.35. The Morgan fingerprint density at radius 1 is 1.37 bits per heavy atom. The number of hydrogen-bond acceptors (Lipinski definition) is 3. The number of pyridine rings is 1. The lowest BCUT2D eigenvalue weighted by Gasteiger charge is -2.04. The van der Waals surface area contributed by atoms with Gasteiger partial charge in [0.1, 0.15) is 0 Å². The summed E-state index contributed by atoms with van der Waals surface area (Å²) in [7, 11) is 0. The molecule has 0 aromatic carbocycles. The van der Waals surface area contributed by atoms with Gasteiger partial charge in [-0.25, -0.2) is 4.98 Å². The van der Waals surface area contributed by atoms with Crippen molar-refractivity contribution in [1.82, 2.24) is 24.3 Å². The highest BCUT2D eigenvalue weighted by Crippen LogP contribution is 2.13. The van der Waals surface area contributed by atoms with E-state index >= 15 is 0 Å². The summed E-state index contributed by atoms with van der Waals surface area (Å²) < 4.78 is 4.71. The average Bonchev–Trinajstić information content (AvgIpc) is 2.98. The molecule has 5 nitrogen and oxygen atoms in total. The molecule has 0 atom stereocenters. The minimum absolute atomic E-state index is 0.730. The first-order chi connectivity index (χ1) is 9.24. The molecule has 6 heteroatoms. The van der Waals surface area contributed by atoms with Crippen molar-refractivity contribution in [3.8, 4) is 0 Å². The molecule has 3 rings (SSSR count). The summed E-state index contributed by atoms with van der Waals surface area (Å²) in [6, 6.07) is 4.00. The molecule has 1 N–H and O–H groups in total. The second kappa shape index (κ2) is 4.97. The van der Waals surface area contributed by atoms with Crippen molar-refractivity contribution in [2.75, 3.05) is 0 Å². The molecular formula is C13H15N5S. The van der Waals surface area contributed by atoms with Crippen LogP contribution in [0.4, 0.5) is 0 Å². The number of imidazole rings is 1. The molecule has 0 saturated heterocycles. The van der Waals surface area contributed by atoms with Gasteiger partial charge in [0.05, 0.1) is 5.52 Å². The van der Waals surface area contributed by atoms with E-state index in [0.717, 1.165) is 41.0 Å². The highest BCUT2D eigenvalue weighted by molar-refractivity contribution is 7.71. The summed E-state index contributed by atoms with van der Waals surface area (Å²) in [6.07, 6.45) is 6.60. The lowest BCUT2D eigenvalue weighted by atomic mass is 10.3. The SMILES string of the molecule is Cc1cnc2c(c1)[nH]c(=S)n2CCCn1cccn1. The van der Waals surface area contributed by atoms with Crippen molar-refractivity contribution < 1.29 is 0 Å². The van der Waals surface area contributed by atoms with E-state index in [1.54, 1.807) is 6.20 Å². The molecule has 3 aromatic rings. The lowest BCUT2D eigenvalue weighted by molar-refractivity contribution is 0.529. The van der Waals surface area contributed by atoms with Gasteiger partial charge in [0, 0.05) is 31.7 Å². The first kappa shape index (κ1) is 12.1. The molecule has 0 aliphatic heterocycles. The van der Waals surface area contributed by atoms with E-state index < -0.39 is 0 Å². The Hall–Kier alpha value is -1.95. The normalized spacial score (nSPS) is 11.2. The van der Waals surface area contributed by atoms with Gasteiger partial charge in [-0.1, -0.05) is 0 Å². The molecule has 0 saturated carbocycles. The van der Waals surface area contributed by atoms with Gasteiger partial charge >= 0.3 is 0 Å². The Morgan fingerprint density at radius 2 is 2.26 bits per heavy atom. The lowest BCUT2D eigenvalue weighted by Crippen LogP contribution is -2.05. The minimum atomic E-state index is 0.730. The highest BCUT2D eigenvalue weighted by Gasteiger charge is 2.05. The molecule has 19 heavy (non-hydrogen) atoms. The molecular weight excluding hydrogens is 258 g/mol. The molecule has 0 radical (unpaired) electrons. The number of aromatic nitrogens is 5. The number of fused-ring (bicyclic) bond motifs is 1. The van der Waals surface area contributed by atoms with Gasteiger partial charge in [-0.15, -0.1) is 0 Å². The van der Waals surface area contributed by atoms with Gasteiger partial charge in [0.25, 0.3) is 0 Å². The highest BCUT2D eigenvalue weighted by atomic mass is 32.1. The zero-order valence-electron chi connectivity index (χ0n) is 10.7. The Kier molecular flexibility index (Phi) is 3.16. The molecule has 3 heterocycles. The van der Waals surface area contributed by atoms with Crippen molar-refractivity contribution in [1.29, 1.82) is 0 Å². The van der Waals surface area contributed by atoms with Crippen LogP contribution in [0.1, 0.15) is 12.0 Å². The summed E-state index contributed by atoms with van der Waals surface area (Å²) in [6.45, 7) is 3.75. The number of H-pyrrole nitrogens is 1. The van der Waals surface area contributed by atoms with E-state index in [9.17, 15) is 0 Å². The molecule has 98 valence electrons. The van der Waals surface area contributed by atoms with Crippen LogP contribution in [0.2, 0.25) is 0 Å². The predicted octanol–water partition coefficient (Wildman–Crippen LogP) is 2.69. The number of hydrogen-bond donors (Lipinski definition) is 1. The standard InChI is InChI=1S/C13H15N5S/c1-10-8-11-12(14-9-10)18(13(19)16-11)7-3-6-17-5-2-4-15-17/h2,4-5,8-9H,3,6-7H2,1H3,(H,16,19).